The van der Waals surface area contributed by atoms with Crippen LogP contribution in [-0.2, 0) is 11.0 Å². The number of rotatable bonds is 3. The summed E-state index contributed by atoms with van der Waals surface area (Å²) in [7, 11) is 0. The summed E-state index contributed by atoms with van der Waals surface area (Å²) in [4.78, 5) is 12.1. The number of carbonyl (C=O) groups is 1. The zero-order valence-corrected chi connectivity index (χ0v) is 12.1. The third kappa shape index (κ3) is 4.20. The van der Waals surface area contributed by atoms with Gasteiger partial charge in [-0.15, -0.1) is 0 Å². The fourth-order valence-corrected chi connectivity index (χ4v) is 1.90. The van der Waals surface area contributed by atoms with Gasteiger partial charge >= 0.3 is 6.18 Å². The Labute approximate surface area is 134 Å². The van der Waals surface area contributed by atoms with Gasteiger partial charge in [0, 0.05) is 0 Å². The summed E-state index contributed by atoms with van der Waals surface area (Å²) in [5.41, 5.74) is -1.50. The lowest BCUT2D eigenvalue weighted by Crippen LogP contribution is -2.17. The monoisotopic (exact) mass is 334 g/mol. The van der Waals surface area contributed by atoms with E-state index in [4.69, 9.17) is 5.26 Å². The average Bonchev–Trinajstić information content (AvgIpc) is 2.53. The fourth-order valence-electron chi connectivity index (χ4n) is 1.90. The molecular weight excluding hydrogens is 324 g/mol. The van der Waals surface area contributed by atoms with Crippen LogP contribution in [0.15, 0.2) is 54.1 Å². The van der Waals surface area contributed by atoms with E-state index < -0.39 is 34.7 Å². The van der Waals surface area contributed by atoms with E-state index in [1.807, 2.05) is 0 Å². The molecule has 0 unspecified atom stereocenters. The van der Waals surface area contributed by atoms with Crippen molar-refractivity contribution in [2.75, 3.05) is 5.32 Å². The third-order valence-electron chi connectivity index (χ3n) is 3.03. The summed E-state index contributed by atoms with van der Waals surface area (Å²) in [6, 6.07) is 11.0. The van der Waals surface area contributed by atoms with Crippen LogP contribution in [-0.4, -0.2) is 5.91 Å². The van der Waals surface area contributed by atoms with E-state index in [-0.39, 0.29) is 0 Å². The molecule has 0 spiro atoms. The molecule has 0 aliphatic rings. The smallest absolute Gasteiger partial charge is 0.321 e. The Kier molecular flexibility index (Phi) is 4.99. The van der Waals surface area contributed by atoms with Gasteiger partial charge in [0.2, 0.25) is 0 Å². The molecule has 0 heterocycles. The normalized spacial score (nSPS) is 11.7. The molecule has 3 nitrogen and oxygen atoms in total. The van der Waals surface area contributed by atoms with Crippen molar-refractivity contribution in [3.8, 4) is 6.07 Å². The molecule has 0 aliphatic carbocycles. The Balaban J connectivity index is 2.28. The Morgan fingerprint density at radius 1 is 1.08 bits per heavy atom. The standard InChI is InChI=1S/C17H10F4N2O/c18-13-7-5-11(6-8-13)9-12(10-22)16(24)23-15-4-2-1-3-14(15)17(19,20)21/h1-9H,(H,23,24)/b12-9+. The summed E-state index contributed by atoms with van der Waals surface area (Å²) in [6.07, 6.45) is -3.48. The molecule has 0 bridgehead atoms. The Hall–Kier alpha value is -3.14. The molecule has 2 aromatic rings. The van der Waals surface area contributed by atoms with E-state index >= 15 is 0 Å². The zero-order valence-electron chi connectivity index (χ0n) is 12.1. The second-order valence-electron chi connectivity index (χ2n) is 4.72. The molecule has 0 fully saturated rings. The summed E-state index contributed by atoms with van der Waals surface area (Å²) in [5.74, 6) is -1.48. The average molecular weight is 334 g/mol. The molecule has 2 rings (SSSR count). The van der Waals surface area contributed by atoms with Gasteiger partial charge in [0.25, 0.3) is 5.91 Å². The van der Waals surface area contributed by atoms with Crippen LogP contribution in [0, 0.1) is 17.1 Å². The lowest BCUT2D eigenvalue weighted by atomic mass is 10.1. The number of para-hydroxylation sites is 1. The summed E-state index contributed by atoms with van der Waals surface area (Å²) in [6.45, 7) is 0. The largest absolute Gasteiger partial charge is 0.418 e. The Morgan fingerprint density at radius 3 is 2.29 bits per heavy atom. The molecule has 7 heteroatoms. The number of hydrogen-bond donors (Lipinski definition) is 1. The number of hydrogen-bond acceptors (Lipinski definition) is 2. The second kappa shape index (κ2) is 6.96. The van der Waals surface area contributed by atoms with Gasteiger partial charge in [-0.3, -0.25) is 4.79 Å². The highest BCUT2D eigenvalue weighted by Crippen LogP contribution is 2.34. The van der Waals surface area contributed by atoms with Gasteiger partial charge in [0.15, 0.2) is 0 Å². The second-order valence-corrected chi connectivity index (χ2v) is 4.72. The molecule has 0 aliphatic heterocycles. The molecule has 0 radical (unpaired) electrons. The van der Waals surface area contributed by atoms with E-state index in [1.165, 1.54) is 24.3 Å². The number of halogens is 4. The molecule has 1 amide bonds. The van der Waals surface area contributed by atoms with Crippen LogP contribution in [0.1, 0.15) is 11.1 Å². The fraction of sp³-hybridized carbons (Fsp3) is 0.0588. The van der Waals surface area contributed by atoms with Crippen molar-refractivity contribution in [3.63, 3.8) is 0 Å². The topological polar surface area (TPSA) is 52.9 Å². The van der Waals surface area contributed by atoms with Crippen LogP contribution < -0.4 is 5.32 Å². The number of alkyl halides is 3. The van der Waals surface area contributed by atoms with Gasteiger partial charge < -0.3 is 5.32 Å². The van der Waals surface area contributed by atoms with E-state index in [9.17, 15) is 22.4 Å². The number of amides is 1. The molecule has 24 heavy (non-hydrogen) atoms. The first-order valence-corrected chi connectivity index (χ1v) is 6.66. The third-order valence-corrected chi connectivity index (χ3v) is 3.03. The molecule has 0 saturated heterocycles. The molecular formula is C17H10F4N2O. The minimum absolute atomic E-state index is 0.368. The maximum atomic E-state index is 12.9. The summed E-state index contributed by atoms with van der Waals surface area (Å²) in [5, 5.41) is 11.1. The quantitative estimate of drug-likeness (QED) is 0.514. The van der Waals surface area contributed by atoms with Crippen molar-refractivity contribution in [1.82, 2.24) is 0 Å². The molecule has 2 aromatic carbocycles. The summed E-state index contributed by atoms with van der Waals surface area (Å²) >= 11 is 0. The van der Waals surface area contributed by atoms with Gasteiger partial charge in [-0.05, 0) is 35.9 Å². The van der Waals surface area contributed by atoms with Crippen molar-refractivity contribution in [3.05, 3.63) is 71.0 Å². The number of benzene rings is 2. The first-order chi connectivity index (χ1) is 11.3. The van der Waals surface area contributed by atoms with Crippen LogP contribution in [0.3, 0.4) is 0 Å². The lowest BCUT2D eigenvalue weighted by Gasteiger charge is -2.13. The van der Waals surface area contributed by atoms with Crippen LogP contribution >= 0.6 is 0 Å². The zero-order chi connectivity index (χ0) is 17.7. The van der Waals surface area contributed by atoms with Gasteiger partial charge in [0.1, 0.15) is 17.5 Å². The van der Waals surface area contributed by atoms with Gasteiger partial charge in [-0.25, -0.2) is 4.39 Å². The van der Waals surface area contributed by atoms with E-state index in [2.05, 4.69) is 5.32 Å². The van der Waals surface area contributed by atoms with Gasteiger partial charge in [-0.1, -0.05) is 24.3 Å². The lowest BCUT2D eigenvalue weighted by molar-refractivity contribution is -0.137. The number of carbonyl (C=O) groups excluding carboxylic acids is 1. The van der Waals surface area contributed by atoms with E-state index in [0.717, 1.165) is 30.3 Å². The van der Waals surface area contributed by atoms with E-state index in [0.29, 0.717) is 5.56 Å². The van der Waals surface area contributed by atoms with Crippen molar-refractivity contribution in [1.29, 1.82) is 5.26 Å². The highest BCUT2D eigenvalue weighted by Gasteiger charge is 2.33. The maximum absolute atomic E-state index is 12.9. The highest BCUT2D eigenvalue weighted by molar-refractivity contribution is 6.10. The molecule has 0 saturated carbocycles. The molecule has 0 atom stereocenters. The minimum atomic E-state index is -4.64. The van der Waals surface area contributed by atoms with Gasteiger partial charge in [0.05, 0.1) is 11.3 Å². The van der Waals surface area contributed by atoms with Crippen molar-refractivity contribution >= 4 is 17.7 Å². The van der Waals surface area contributed by atoms with Gasteiger partial charge in [-0.2, -0.15) is 18.4 Å². The van der Waals surface area contributed by atoms with Crippen molar-refractivity contribution in [2.24, 2.45) is 0 Å². The minimum Gasteiger partial charge on any atom is -0.321 e. The maximum Gasteiger partial charge on any atom is 0.418 e. The van der Waals surface area contributed by atoms with E-state index in [1.54, 1.807) is 6.07 Å². The predicted octanol–water partition coefficient (Wildman–Crippen LogP) is 4.39. The Bertz CT molecular complexity index is 818. The van der Waals surface area contributed by atoms with Crippen molar-refractivity contribution < 1.29 is 22.4 Å². The first-order valence-electron chi connectivity index (χ1n) is 6.66. The first kappa shape index (κ1) is 17.2. The number of anilines is 1. The predicted molar refractivity (Wildman–Crippen MR) is 80.1 cm³/mol. The van der Waals surface area contributed by atoms with Crippen LogP contribution in [0.5, 0.6) is 0 Å². The molecule has 122 valence electrons. The molecule has 1 N–H and O–H groups in total. The molecule has 0 aromatic heterocycles. The highest BCUT2D eigenvalue weighted by atomic mass is 19.4. The van der Waals surface area contributed by atoms with Crippen molar-refractivity contribution in [2.45, 2.75) is 6.18 Å². The summed E-state index contributed by atoms with van der Waals surface area (Å²) < 4.78 is 51.5. The van der Waals surface area contributed by atoms with Crippen LogP contribution in [0.25, 0.3) is 6.08 Å². The number of nitriles is 1. The Morgan fingerprint density at radius 2 is 1.71 bits per heavy atom. The van der Waals surface area contributed by atoms with Crippen LogP contribution in [0.2, 0.25) is 0 Å². The number of nitrogens with one attached hydrogen (secondary N) is 1. The number of nitrogens with zero attached hydrogens (tertiary/aromatic N) is 1. The SMILES string of the molecule is N#C/C(=C\c1ccc(F)cc1)C(=O)Nc1ccccc1C(F)(F)F. The van der Waals surface area contributed by atoms with Crippen LogP contribution in [0.4, 0.5) is 23.2 Å².